The molecule has 1 rings (SSSR count). The average Bonchev–Trinajstić information content (AvgIpc) is 2.35. The Morgan fingerprint density at radius 1 is 0.750 bits per heavy atom. The molecule has 4 nitrogen and oxygen atoms in total. The van der Waals surface area contributed by atoms with E-state index in [0.29, 0.717) is 13.2 Å². The van der Waals surface area contributed by atoms with E-state index in [1.807, 2.05) is 0 Å². The molecule has 0 aromatic heterocycles. The van der Waals surface area contributed by atoms with Gasteiger partial charge in [0.05, 0.1) is 13.2 Å². The van der Waals surface area contributed by atoms with Crippen LogP contribution in [0.1, 0.15) is 52.4 Å². The van der Waals surface area contributed by atoms with Crippen molar-refractivity contribution in [1.82, 2.24) is 0 Å². The normalized spacial score (nSPS) is 12.5. The Hall–Kier alpha value is -1.42. The van der Waals surface area contributed by atoms with Crippen molar-refractivity contribution in [2.24, 2.45) is 0 Å². The van der Waals surface area contributed by atoms with E-state index in [9.17, 15) is 0 Å². The molecule has 1 aliphatic carbocycles. The van der Waals surface area contributed by atoms with Gasteiger partial charge in [-0.25, -0.2) is 0 Å². The fraction of sp³-hybridized carbons (Fsp3) is 0.833. The van der Waals surface area contributed by atoms with Crippen LogP contribution in [0.5, 0.6) is 0 Å². The number of hydrogen-bond donors (Lipinski definition) is 0. The predicted octanol–water partition coefficient (Wildman–Crippen LogP) is 3.35. The summed E-state index contributed by atoms with van der Waals surface area (Å²) in [6.07, 6.45) is 12.0. The van der Waals surface area contributed by atoms with Crippen LogP contribution in [-0.2, 0) is 9.47 Å². The lowest BCUT2D eigenvalue weighted by Crippen LogP contribution is -1.85. The van der Waals surface area contributed by atoms with Crippen LogP contribution in [0.15, 0.2) is 0 Å². The zero-order valence-electron chi connectivity index (χ0n) is 10.4. The molecule has 0 saturated heterocycles. The highest BCUT2D eigenvalue weighted by atomic mass is 16.5. The van der Waals surface area contributed by atoms with Crippen molar-refractivity contribution in [3.63, 3.8) is 0 Å². The second-order valence-electron chi connectivity index (χ2n) is 3.17. The Morgan fingerprint density at radius 3 is 1.06 bits per heavy atom. The third-order valence-corrected chi connectivity index (χ3v) is 1.92. The van der Waals surface area contributed by atoms with Gasteiger partial charge in [-0.05, 0) is 13.8 Å². The first kappa shape index (κ1) is 17.0. The lowest BCUT2D eigenvalue weighted by atomic mass is 10.0. The van der Waals surface area contributed by atoms with Crippen molar-refractivity contribution < 1.29 is 9.47 Å². The topological polar surface area (TPSA) is 66.0 Å². The Balaban J connectivity index is 0. The fourth-order valence-electron chi connectivity index (χ4n) is 1.19. The minimum atomic E-state index is 0.483. The van der Waals surface area contributed by atoms with Crippen LogP contribution in [0.4, 0.5) is 0 Å². The zero-order valence-corrected chi connectivity index (χ0v) is 10.4. The van der Waals surface area contributed by atoms with E-state index in [2.05, 4.69) is 9.47 Å². The summed E-state index contributed by atoms with van der Waals surface area (Å²) in [4.78, 5) is 0. The molecule has 92 valence electrons. The molecule has 0 aromatic rings. The summed E-state index contributed by atoms with van der Waals surface area (Å²) in [6.45, 7) is 4.50. The maximum absolute atomic E-state index is 7.59. The molecule has 0 N–H and O–H groups in total. The Bertz CT molecular complexity index is 163. The van der Waals surface area contributed by atoms with Crippen molar-refractivity contribution in [3.05, 3.63) is 0 Å². The standard InChI is InChI=1S/C6H12.2C3H5NO/c1-2-4-6-5-3-1;2*1-2-5-3-4/h1-6H2;2*2H2,1H3. The number of rotatable bonds is 2. The maximum Gasteiger partial charge on any atom is 0.286 e. The van der Waals surface area contributed by atoms with Crippen molar-refractivity contribution in [3.8, 4) is 12.5 Å². The highest BCUT2D eigenvalue weighted by molar-refractivity contribution is 4.51. The summed E-state index contributed by atoms with van der Waals surface area (Å²) in [7, 11) is 0. The van der Waals surface area contributed by atoms with Gasteiger partial charge in [0.25, 0.3) is 12.5 Å². The molecule has 1 aliphatic rings. The molecule has 4 heteroatoms. The van der Waals surface area contributed by atoms with Crippen LogP contribution in [0, 0.1) is 23.0 Å². The van der Waals surface area contributed by atoms with Gasteiger partial charge in [-0.3, -0.25) is 0 Å². The highest BCUT2D eigenvalue weighted by Crippen LogP contribution is 2.15. The molecule has 0 bridgehead atoms. The number of ether oxygens (including phenoxy) is 2. The molecular weight excluding hydrogens is 204 g/mol. The van der Waals surface area contributed by atoms with Gasteiger partial charge in [-0.1, -0.05) is 38.5 Å². The monoisotopic (exact) mass is 226 g/mol. The molecule has 0 heterocycles. The number of hydrogen-bond acceptors (Lipinski definition) is 4. The van der Waals surface area contributed by atoms with E-state index in [1.165, 1.54) is 51.0 Å². The van der Waals surface area contributed by atoms with Gasteiger partial charge in [0.15, 0.2) is 0 Å². The zero-order chi connectivity index (χ0) is 12.5. The molecule has 1 fully saturated rings. The molecule has 0 aromatic carbocycles. The quantitative estimate of drug-likeness (QED) is 0.677. The largest absolute Gasteiger partial charge is 0.428 e. The van der Waals surface area contributed by atoms with Crippen molar-refractivity contribution in [2.75, 3.05) is 13.2 Å². The van der Waals surface area contributed by atoms with Crippen molar-refractivity contribution in [2.45, 2.75) is 52.4 Å². The third kappa shape index (κ3) is 22.9. The smallest absolute Gasteiger partial charge is 0.286 e. The summed E-state index contributed by atoms with van der Waals surface area (Å²) < 4.78 is 8.28. The van der Waals surface area contributed by atoms with E-state index < -0.39 is 0 Å². The minimum absolute atomic E-state index is 0.483. The molecular formula is C12H22N2O2. The van der Waals surface area contributed by atoms with Crippen LogP contribution in [0.2, 0.25) is 0 Å². The van der Waals surface area contributed by atoms with E-state index >= 15 is 0 Å². The Labute approximate surface area is 98.8 Å². The molecule has 0 aliphatic heterocycles. The van der Waals surface area contributed by atoms with Crippen LogP contribution >= 0.6 is 0 Å². The molecule has 0 spiro atoms. The summed E-state index contributed by atoms with van der Waals surface area (Å²) in [6, 6.07) is 0. The van der Waals surface area contributed by atoms with Gasteiger partial charge in [-0.2, -0.15) is 10.5 Å². The predicted molar refractivity (Wildman–Crippen MR) is 62.2 cm³/mol. The second kappa shape index (κ2) is 19.2. The maximum atomic E-state index is 7.59. The van der Waals surface area contributed by atoms with Crippen LogP contribution in [0.25, 0.3) is 0 Å². The lowest BCUT2D eigenvalue weighted by Gasteiger charge is -2.05. The van der Waals surface area contributed by atoms with Crippen LogP contribution in [0.3, 0.4) is 0 Å². The van der Waals surface area contributed by atoms with Gasteiger partial charge < -0.3 is 9.47 Å². The number of nitriles is 2. The van der Waals surface area contributed by atoms with Crippen LogP contribution in [-0.4, -0.2) is 13.2 Å². The highest BCUT2D eigenvalue weighted by Gasteiger charge is 1.95. The number of nitrogens with zero attached hydrogens (tertiary/aromatic N) is 2. The molecule has 16 heavy (non-hydrogen) atoms. The van der Waals surface area contributed by atoms with Crippen molar-refractivity contribution in [1.29, 1.82) is 10.5 Å². The van der Waals surface area contributed by atoms with Gasteiger partial charge in [-0.15, -0.1) is 0 Å². The third-order valence-electron chi connectivity index (χ3n) is 1.92. The van der Waals surface area contributed by atoms with Crippen molar-refractivity contribution >= 4 is 0 Å². The second-order valence-corrected chi connectivity index (χ2v) is 3.17. The van der Waals surface area contributed by atoms with E-state index in [0.717, 1.165) is 0 Å². The molecule has 0 radical (unpaired) electrons. The summed E-state index contributed by atoms with van der Waals surface area (Å²) in [5, 5.41) is 15.2. The molecule has 0 amide bonds. The van der Waals surface area contributed by atoms with E-state index in [4.69, 9.17) is 10.5 Å². The summed E-state index contributed by atoms with van der Waals surface area (Å²) >= 11 is 0. The minimum Gasteiger partial charge on any atom is -0.428 e. The first-order valence-electron chi connectivity index (χ1n) is 5.85. The lowest BCUT2D eigenvalue weighted by molar-refractivity contribution is 0.291. The van der Waals surface area contributed by atoms with Gasteiger partial charge in [0.1, 0.15) is 0 Å². The summed E-state index contributed by atoms with van der Waals surface area (Å²) in [5.41, 5.74) is 0. The van der Waals surface area contributed by atoms with E-state index in [-0.39, 0.29) is 0 Å². The fourth-order valence-corrected chi connectivity index (χ4v) is 1.19. The van der Waals surface area contributed by atoms with E-state index in [1.54, 1.807) is 13.8 Å². The first-order chi connectivity index (χ1) is 7.83. The Morgan fingerprint density at radius 2 is 1.00 bits per heavy atom. The average molecular weight is 226 g/mol. The summed E-state index contributed by atoms with van der Waals surface area (Å²) in [5.74, 6) is 0. The SMILES string of the molecule is C1CCCCC1.CCOC#N.CCOC#N. The van der Waals surface area contributed by atoms with Gasteiger partial charge in [0, 0.05) is 0 Å². The van der Waals surface area contributed by atoms with Gasteiger partial charge >= 0.3 is 0 Å². The van der Waals surface area contributed by atoms with Crippen LogP contribution < -0.4 is 0 Å². The van der Waals surface area contributed by atoms with Gasteiger partial charge in [0.2, 0.25) is 0 Å². The Kier molecular flexibility index (Phi) is 20.4. The molecule has 0 atom stereocenters. The molecule has 0 unspecified atom stereocenters. The molecule has 1 saturated carbocycles. The first-order valence-corrected chi connectivity index (χ1v) is 5.85.